The Morgan fingerprint density at radius 3 is 2.43 bits per heavy atom. The standard InChI is InChI=1S/C17H15Cl2N3O/c1-11(2)22(10-13-5-3-12(9-20)4-6-13)17(23)16-14(18)7-8-15(19)21-16/h3-8,11H,10H2,1-2H3. The summed E-state index contributed by atoms with van der Waals surface area (Å²) in [5.74, 6) is -0.281. The van der Waals surface area contributed by atoms with Gasteiger partial charge in [-0.3, -0.25) is 4.79 Å². The maximum Gasteiger partial charge on any atom is 0.274 e. The third-order valence-corrected chi connectivity index (χ3v) is 3.85. The van der Waals surface area contributed by atoms with E-state index in [0.717, 1.165) is 5.56 Å². The molecule has 1 heterocycles. The summed E-state index contributed by atoms with van der Waals surface area (Å²) in [5.41, 5.74) is 1.64. The summed E-state index contributed by atoms with van der Waals surface area (Å²) in [7, 11) is 0. The summed E-state index contributed by atoms with van der Waals surface area (Å²) in [6.45, 7) is 4.23. The van der Waals surface area contributed by atoms with Crippen LogP contribution in [-0.2, 0) is 6.54 Å². The zero-order valence-electron chi connectivity index (χ0n) is 12.8. The van der Waals surface area contributed by atoms with Gasteiger partial charge in [-0.15, -0.1) is 0 Å². The van der Waals surface area contributed by atoms with Crippen LogP contribution in [0.5, 0.6) is 0 Å². The van der Waals surface area contributed by atoms with Crippen molar-refractivity contribution < 1.29 is 4.79 Å². The van der Waals surface area contributed by atoms with Gasteiger partial charge in [-0.2, -0.15) is 5.26 Å². The molecule has 6 heteroatoms. The lowest BCUT2D eigenvalue weighted by Crippen LogP contribution is -2.37. The van der Waals surface area contributed by atoms with Crippen molar-refractivity contribution in [1.29, 1.82) is 5.26 Å². The molecule has 0 saturated carbocycles. The number of carbonyl (C=O) groups excluding carboxylic acids is 1. The fraction of sp³-hybridized carbons (Fsp3) is 0.235. The van der Waals surface area contributed by atoms with Crippen LogP contribution in [-0.4, -0.2) is 21.8 Å². The maximum atomic E-state index is 12.8. The number of hydrogen-bond donors (Lipinski definition) is 0. The van der Waals surface area contributed by atoms with E-state index in [0.29, 0.717) is 12.1 Å². The van der Waals surface area contributed by atoms with Crippen LogP contribution in [0.15, 0.2) is 36.4 Å². The van der Waals surface area contributed by atoms with Gasteiger partial charge in [0.25, 0.3) is 5.91 Å². The molecule has 0 saturated heterocycles. The molecule has 0 aliphatic rings. The van der Waals surface area contributed by atoms with E-state index in [9.17, 15) is 4.79 Å². The first kappa shape index (κ1) is 17.3. The topological polar surface area (TPSA) is 57.0 Å². The number of pyridine rings is 1. The summed E-state index contributed by atoms with van der Waals surface area (Å²) in [6.07, 6.45) is 0. The summed E-state index contributed by atoms with van der Waals surface area (Å²) >= 11 is 11.9. The minimum atomic E-state index is -0.281. The van der Waals surface area contributed by atoms with Crippen molar-refractivity contribution in [3.05, 3.63) is 63.4 Å². The quantitative estimate of drug-likeness (QED) is 0.774. The molecular weight excluding hydrogens is 333 g/mol. The third kappa shape index (κ3) is 4.22. The molecule has 118 valence electrons. The second-order valence-corrected chi connectivity index (χ2v) is 6.09. The molecule has 0 unspecified atom stereocenters. The Bertz CT molecular complexity index is 751. The number of amides is 1. The predicted molar refractivity (Wildman–Crippen MR) is 90.4 cm³/mol. The minimum Gasteiger partial charge on any atom is -0.331 e. The molecule has 0 atom stereocenters. The number of carbonyl (C=O) groups is 1. The molecule has 0 fully saturated rings. The van der Waals surface area contributed by atoms with Gasteiger partial charge in [0.15, 0.2) is 0 Å². The van der Waals surface area contributed by atoms with Crippen LogP contribution in [0, 0.1) is 11.3 Å². The molecule has 2 aromatic rings. The molecule has 0 aliphatic heterocycles. The lowest BCUT2D eigenvalue weighted by atomic mass is 10.1. The zero-order valence-corrected chi connectivity index (χ0v) is 14.3. The van der Waals surface area contributed by atoms with Crippen LogP contribution >= 0.6 is 23.2 Å². The summed E-state index contributed by atoms with van der Waals surface area (Å²) in [6, 6.07) is 12.2. The van der Waals surface area contributed by atoms with Crippen molar-refractivity contribution in [3.63, 3.8) is 0 Å². The number of nitriles is 1. The van der Waals surface area contributed by atoms with Gasteiger partial charge in [0.1, 0.15) is 10.8 Å². The summed E-state index contributed by atoms with van der Waals surface area (Å²) in [4.78, 5) is 18.5. The molecule has 0 bridgehead atoms. The number of benzene rings is 1. The van der Waals surface area contributed by atoms with Crippen molar-refractivity contribution in [3.8, 4) is 6.07 Å². The molecule has 0 spiro atoms. The molecular formula is C17H15Cl2N3O. The van der Waals surface area contributed by atoms with Gasteiger partial charge in [0.05, 0.1) is 16.7 Å². The number of rotatable bonds is 4. The Hall–Kier alpha value is -2.09. The first-order valence-corrected chi connectivity index (χ1v) is 7.80. The molecule has 0 radical (unpaired) electrons. The van der Waals surface area contributed by atoms with Gasteiger partial charge in [0, 0.05) is 12.6 Å². The summed E-state index contributed by atoms with van der Waals surface area (Å²) in [5, 5.41) is 9.33. The number of aromatic nitrogens is 1. The predicted octanol–water partition coefficient (Wildman–Crippen LogP) is 4.31. The smallest absolute Gasteiger partial charge is 0.274 e. The molecule has 1 aromatic heterocycles. The van der Waals surface area contributed by atoms with Crippen LogP contribution < -0.4 is 0 Å². The minimum absolute atomic E-state index is 0.0463. The molecule has 0 aliphatic carbocycles. The largest absolute Gasteiger partial charge is 0.331 e. The molecule has 1 amide bonds. The highest BCUT2D eigenvalue weighted by Gasteiger charge is 2.23. The first-order valence-electron chi connectivity index (χ1n) is 7.04. The molecule has 23 heavy (non-hydrogen) atoms. The van der Waals surface area contributed by atoms with Crippen LogP contribution in [0.25, 0.3) is 0 Å². The SMILES string of the molecule is CC(C)N(Cc1ccc(C#N)cc1)C(=O)c1nc(Cl)ccc1Cl. The van der Waals surface area contributed by atoms with Crippen molar-refractivity contribution >= 4 is 29.1 Å². The van der Waals surface area contributed by atoms with Gasteiger partial charge < -0.3 is 4.90 Å². The monoisotopic (exact) mass is 347 g/mol. The molecule has 1 aromatic carbocycles. The molecule has 0 N–H and O–H groups in total. The second kappa shape index (κ2) is 7.45. The lowest BCUT2D eigenvalue weighted by Gasteiger charge is -2.27. The van der Waals surface area contributed by atoms with Crippen LogP contribution in [0.4, 0.5) is 0 Å². The number of hydrogen-bond acceptors (Lipinski definition) is 3. The molecule has 4 nitrogen and oxygen atoms in total. The van der Waals surface area contributed by atoms with Gasteiger partial charge >= 0.3 is 0 Å². The highest BCUT2D eigenvalue weighted by Crippen LogP contribution is 2.21. The van der Waals surface area contributed by atoms with E-state index in [1.54, 1.807) is 29.2 Å². The number of halogens is 2. The third-order valence-electron chi connectivity index (χ3n) is 3.33. The lowest BCUT2D eigenvalue weighted by molar-refractivity contribution is 0.0684. The van der Waals surface area contributed by atoms with E-state index >= 15 is 0 Å². The Morgan fingerprint density at radius 1 is 1.22 bits per heavy atom. The van der Waals surface area contributed by atoms with E-state index in [2.05, 4.69) is 11.1 Å². The van der Waals surface area contributed by atoms with Crippen molar-refractivity contribution in [2.45, 2.75) is 26.4 Å². The van der Waals surface area contributed by atoms with Crippen molar-refractivity contribution in [1.82, 2.24) is 9.88 Å². The van der Waals surface area contributed by atoms with Crippen molar-refractivity contribution in [2.75, 3.05) is 0 Å². The Morgan fingerprint density at radius 2 is 1.87 bits per heavy atom. The Kier molecular flexibility index (Phi) is 5.59. The zero-order chi connectivity index (χ0) is 17.0. The van der Waals surface area contributed by atoms with E-state index in [1.807, 2.05) is 26.0 Å². The van der Waals surface area contributed by atoms with E-state index in [-0.39, 0.29) is 27.8 Å². The Labute approximate surface area is 145 Å². The average Bonchev–Trinajstić information content (AvgIpc) is 2.54. The van der Waals surface area contributed by atoms with Gasteiger partial charge in [-0.1, -0.05) is 35.3 Å². The maximum absolute atomic E-state index is 12.8. The highest BCUT2D eigenvalue weighted by molar-refractivity contribution is 6.34. The van der Waals surface area contributed by atoms with Crippen LogP contribution in [0.2, 0.25) is 10.2 Å². The van der Waals surface area contributed by atoms with Crippen molar-refractivity contribution in [2.24, 2.45) is 0 Å². The van der Waals surface area contributed by atoms with E-state index in [4.69, 9.17) is 28.5 Å². The normalized spacial score (nSPS) is 10.4. The van der Waals surface area contributed by atoms with Gasteiger partial charge in [-0.05, 0) is 43.7 Å². The van der Waals surface area contributed by atoms with Gasteiger partial charge in [-0.25, -0.2) is 4.98 Å². The number of nitrogens with zero attached hydrogens (tertiary/aromatic N) is 3. The second-order valence-electron chi connectivity index (χ2n) is 5.30. The van der Waals surface area contributed by atoms with Crippen LogP contribution in [0.3, 0.4) is 0 Å². The fourth-order valence-corrected chi connectivity index (χ4v) is 2.41. The van der Waals surface area contributed by atoms with Gasteiger partial charge in [0.2, 0.25) is 0 Å². The van der Waals surface area contributed by atoms with E-state index < -0.39 is 0 Å². The Balaban J connectivity index is 2.28. The van der Waals surface area contributed by atoms with Crippen LogP contribution in [0.1, 0.15) is 35.5 Å². The highest BCUT2D eigenvalue weighted by atomic mass is 35.5. The summed E-state index contributed by atoms with van der Waals surface area (Å²) < 4.78 is 0. The van der Waals surface area contributed by atoms with E-state index in [1.165, 1.54) is 0 Å². The molecule has 2 rings (SSSR count). The average molecular weight is 348 g/mol. The first-order chi connectivity index (χ1) is 10.9. The fourth-order valence-electron chi connectivity index (χ4n) is 2.07.